The maximum absolute atomic E-state index is 12.1. The first-order chi connectivity index (χ1) is 8.32. The molecule has 1 aliphatic rings. The summed E-state index contributed by atoms with van der Waals surface area (Å²) in [5.74, 6) is -0.492. The fourth-order valence-corrected chi connectivity index (χ4v) is 3.19. The number of hydrogen-bond acceptors (Lipinski definition) is 4. The number of carbonyl (C=O) groups is 2. The smallest absolute Gasteiger partial charge is 0.327 e. The van der Waals surface area contributed by atoms with Gasteiger partial charge in [0.15, 0.2) is 0 Å². The fourth-order valence-electron chi connectivity index (χ4n) is 2.02. The molecule has 1 rings (SSSR count). The number of nitrogens with one attached hydrogen (secondary N) is 1. The highest BCUT2D eigenvalue weighted by Crippen LogP contribution is 2.28. The van der Waals surface area contributed by atoms with E-state index in [9.17, 15) is 9.59 Å². The van der Waals surface area contributed by atoms with Crippen LogP contribution in [0.3, 0.4) is 0 Å². The molecule has 0 radical (unpaired) electrons. The molecule has 1 saturated heterocycles. The van der Waals surface area contributed by atoms with E-state index in [0.717, 1.165) is 6.54 Å². The number of urea groups is 1. The van der Waals surface area contributed by atoms with Crippen molar-refractivity contribution >= 4 is 23.8 Å². The summed E-state index contributed by atoms with van der Waals surface area (Å²) in [6.45, 7) is 4.48. The summed E-state index contributed by atoms with van der Waals surface area (Å²) in [6.07, 6.45) is 0. The van der Waals surface area contributed by atoms with Crippen LogP contribution in [0.4, 0.5) is 4.79 Å². The topological polar surface area (TPSA) is 72.9 Å². The molecular weight excluding hydrogens is 254 g/mol. The largest absolute Gasteiger partial charge is 0.480 e. The van der Waals surface area contributed by atoms with Crippen LogP contribution >= 0.6 is 11.8 Å². The van der Waals surface area contributed by atoms with Gasteiger partial charge in [-0.15, -0.1) is 11.8 Å². The Morgan fingerprint density at radius 3 is 2.67 bits per heavy atom. The van der Waals surface area contributed by atoms with E-state index in [-0.39, 0.29) is 17.4 Å². The van der Waals surface area contributed by atoms with E-state index in [0.29, 0.717) is 5.75 Å². The Hall–Kier alpha value is -0.950. The number of thioether (sulfide) groups is 1. The van der Waals surface area contributed by atoms with Gasteiger partial charge in [0, 0.05) is 18.3 Å². The zero-order chi connectivity index (χ0) is 13.9. The molecule has 104 valence electrons. The van der Waals surface area contributed by atoms with Gasteiger partial charge in [-0.2, -0.15) is 0 Å². The van der Waals surface area contributed by atoms with Crippen molar-refractivity contribution in [1.29, 1.82) is 0 Å². The second-order valence-electron chi connectivity index (χ2n) is 4.81. The van der Waals surface area contributed by atoms with Gasteiger partial charge in [-0.25, -0.2) is 9.59 Å². The molecule has 0 aromatic carbocycles. The molecule has 1 heterocycles. The van der Waals surface area contributed by atoms with Crippen molar-refractivity contribution in [1.82, 2.24) is 15.1 Å². The third-order valence-corrected chi connectivity index (χ3v) is 3.97. The molecule has 0 aromatic rings. The first-order valence-electron chi connectivity index (χ1n) is 5.91. The molecule has 3 unspecified atom stereocenters. The Morgan fingerprint density at radius 1 is 1.56 bits per heavy atom. The van der Waals surface area contributed by atoms with Gasteiger partial charge >= 0.3 is 12.0 Å². The van der Waals surface area contributed by atoms with Crippen molar-refractivity contribution < 1.29 is 14.7 Å². The average Bonchev–Trinajstić information content (AvgIpc) is 2.58. The van der Waals surface area contributed by atoms with E-state index in [1.165, 1.54) is 16.7 Å². The van der Waals surface area contributed by atoms with Crippen molar-refractivity contribution in [2.45, 2.75) is 31.3 Å². The third-order valence-electron chi connectivity index (χ3n) is 2.75. The van der Waals surface area contributed by atoms with Crippen molar-refractivity contribution in [2.75, 3.05) is 26.4 Å². The Morgan fingerprint density at radius 2 is 2.17 bits per heavy atom. The first kappa shape index (κ1) is 15.1. The van der Waals surface area contributed by atoms with E-state index in [2.05, 4.69) is 5.32 Å². The van der Waals surface area contributed by atoms with Crippen LogP contribution in [0.25, 0.3) is 0 Å². The van der Waals surface area contributed by atoms with Crippen molar-refractivity contribution in [2.24, 2.45) is 0 Å². The van der Waals surface area contributed by atoms with Crippen LogP contribution in [0, 0.1) is 0 Å². The number of aliphatic carboxylic acids is 1. The van der Waals surface area contributed by atoms with Crippen LogP contribution in [0.1, 0.15) is 13.8 Å². The van der Waals surface area contributed by atoms with Crippen LogP contribution in [-0.2, 0) is 4.79 Å². The highest BCUT2D eigenvalue weighted by molar-refractivity contribution is 8.00. The molecule has 0 aromatic heterocycles. The number of carbonyl (C=O) groups excluding carboxylic acids is 1. The molecule has 6 nitrogen and oxygen atoms in total. The first-order valence-corrected chi connectivity index (χ1v) is 6.95. The van der Waals surface area contributed by atoms with Gasteiger partial charge < -0.3 is 15.3 Å². The Kier molecular flexibility index (Phi) is 5.28. The van der Waals surface area contributed by atoms with Crippen LogP contribution < -0.4 is 5.32 Å². The molecule has 2 amide bonds. The van der Waals surface area contributed by atoms with E-state index in [4.69, 9.17) is 5.11 Å². The van der Waals surface area contributed by atoms with E-state index in [1.807, 2.05) is 32.8 Å². The van der Waals surface area contributed by atoms with Crippen molar-refractivity contribution in [3.63, 3.8) is 0 Å². The molecule has 1 aliphatic heterocycles. The van der Waals surface area contributed by atoms with Crippen molar-refractivity contribution in [3.8, 4) is 0 Å². The normalized spacial score (nSPS) is 25.3. The lowest BCUT2D eigenvalue weighted by Gasteiger charge is -2.28. The van der Waals surface area contributed by atoms with Gasteiger partial charge in [0.2, 0.25) is 0 Å². The van der Waals surface area contributed by atoms with Gasteiger partial charge in [0.1, 0.15) is 6.04 Å². The maximum atomic E-state index is 12.1. The lowest BCUT2D eigenvalue weighted by atomic mass is 10.3. The molecule has 1 fully saturated rings. The number of rotatable bonds is 4. The van der Waals surface area contributed by atoms with Gasteiger partial charge in [-0.05, 0) is 27.9 Å². The summed E-state index contributed by atoms with van der Waals surface area (Å²) in [7, 11) is 3.86. The quantitative estimate of drug-likeness (QED) is 0.781. The molecular formula is C11H21N3O3S. The predicted molar refractivity (Wildman–Crippen MR) is 71.7 cm³/mol. The molecule has 0 saturated carbocycles. The zero-order valence-electron chi connectivity index (χ0n) is 11.2. The number of nitrogens with zero attached hydrogens (tertiary/aromatic N) is 2. The number of amides is 2. The lowest BCUT2D eigenvalue weighted by molar-refractivity contribution is -0.141. The minimum absolute atomic E-state index is 0.0141. The highest BCUT2D eigenvalue weighted by Gasteiger charge is 2.39. The Balaban J connectivity index is 2.61. The number of likely N-dealkylation sites (N-methyl/N-ethyl adjacent to an activating group) is 1. The molecule has 18 heavy (non-hydrogen) atoms. The fraction of sp³-hybridized carbons (Fsp3) is 0.818. The molecule has 0 bridgehead atoms. The van der Waals surface area contributed by atoms with E-state index < -0.39 is 12.0 Å². The Bertz CT molecular complexity index is 325. The summed E-state index contributed by atoms with van der Waals surface area (Å²) in [5, 5.41) is 11.8. The van der Waals surface area contributed by atoms with E-state index in [1.54, 1.807) is 0 Å². The summed E-state index contributed by atoms with van der Waals surface area (Å²) in [5.41, 5.74) is 0. The summed E-state index contributed by atoms with van der Waals surface area (Å²) >= 11 is 1.48. The SMILES string of the molecule is CC(CN(C)C)NC(=O)N1C(C)SCC1C(=O)O. The highest BCUT2D eigenvalue weighted by atomic mass is 32.2. The van der Waals surface area contributed by atoms with Crippen LogP contribution in [-0.4, -0.2) is 70.8 Å². The standard InChI is InChI=1S/C11H21N3O3S/c1-7(5-13(3)4)12-11(17)14-8(2)18-6-9(14)10(15)16/h7-9H,5-6H2,1-4H3,(H,12,17)(H,15,16). The maximum Gasteiger partial charge on any atom is 0.327 e. The molecule has 3 atom stereocenters. The monoisotopic (exact) mass is 275 g/mol. The minimum Gasteiger partial charge on any atom is -0.480 e. The summed E-state index contributed by atoms with van der Waals surface area (Å²) < 4.78 is 0. The molecule has 0 aliphatic carbocycles. The second-order valence-corrected chi connectivity index (χ2v) is 6.16. The van der Waals surface area contributed by atoms with E-state index >= 15 is 0 Å². The van der Waals surface area contributed by atoms with Crippen LogP contribution in [0.2, 0.25) is 0 Å². The van der Waals surface area contributed by atoms with Gasteiger partial charge in [0.05, 0.1) is 5.37 Å². The van der Waals surface area contributed by atoms with Crippen LogP contribution in [0.15, 0.2) is 0 Å². The number of hydrogen-bond donors (Lipinski definition) is 2. The minimum atomic E-state index is -0.942. The Labute approximate surface area is 112 Å². The molecule has 7 heteroatoms. The summed E-state index contributed by atoms with van der Waals surface area (Å²) in [4.78, 5) is 26.6. The average molecular weight is 275 g/mol. The van der Waals surface area contributed by atoms with Crippen LogP contribution in [0.5, 0.6) is 0 Å². The zero-order valence-corrected chi connectivity index (χ0v) is 12.0. The molecule has 0 spiro atoms. The predicted octanol–water partition coefficient (Wildman–Crippen LogP) is 0.494. The third kappa shape index (κ3) is 3.78. The van der Waals surface area contributed by atoms with Crippen molar-refractivity contribution in [3.05, 3.63) is 0 Å². The van der Waals surface area contributed by atoms with Gasteiger partial charge in [-0.3, -0.25) is 4.90 Å². The van der Waals surface area contributed by atoms with Gasteiger partial charge in [0.25, 0.3) is 0 Å². The second kappa shape index (κ2) is 6.29. The lowest BCUT2D eigenvalue weighted by Crippen LogP contribution is -2.52. The summed E-state index contributed by atoms with van der Waals surface area (Å²) in [6, 6.07) is -1.04. The number of carboxylic acid groups (broad SMARTS) is 1. The molecule has 2 N–H and O–H groups in total. The van der Waals surface area contributed by atoms with Gasteiger partial charge in [-0.1, -0.05) is 0 Å². The number of carboxylic acids is 1.